The molecular weight excluding hydrogens is 440 g/mol. The number of hydrogen-bond acceptors (Lipinski definition) is 11. The van der Waals surface area contributed by atoms with E-state index >= 15 is 0 Å². The average molecular weight is 462 g/mol. The molecule has 1 fully saturated rings. The van der Waals surface area contributed by atoms with E-state index in [-0.39, 0.29) is 28.0 Å². The third-order valence-electron chi connectivity index (χ3n) is 5.44. The summed E-state index contributed by atoms with van der Waals surface area (Å²) in [7, 11) is 1.34. The summed E-state index contributed by atoms with van der Waals surface area (Å²) >= 11 is 0. The van der Waals surface area contributed by atoms with Gasteiger partial charge in [0.2, 0.25) is 17.5 Å². The molecule has 2 heterocycles. The maximum absolute atomic E-state index is 13.3. The molecule has 1 saturated heterocycles. The molecule has 3 aromatic rings. The van der Waals surface area contributed by atoms with E-state index in [0.29, 0.717) is 0 Å². The molecule has 0 bridgehead atoms. The summed E-state index contributed by atoms with van der Waals surface area (Å²) in [6.07, 6.45) is -6.12. The predicted molar refractivity (Wildman–Crippen MR) is 112 cm³/mol. The van der Waals surface area contributed by atoms with E-state index < -0.39 is 59.1 Å². The SMILES string of the molecule is COC1C(C)OC(Oc2c(-c3ccc(O)c(O)c3)oc3cc(O)cc(O)c3c2=O)C(O)C1O. The Labute approximate surface area is 186 Å². The molecule has 11 heteroatoms. The second-order valence-corrected chi connectivity index (χ2v) is 7.64. The van der Waals surface area contributed by atoms with E-state index in [1.54, 1.807) is 6.92 Å². The van der Waals surface area contributed by atoms with Crippen LogP contribution in [0.3, 0.4) is 0 Å². The van der Waals surface area contributed by atoms with Crippen molar-refractivity contribution in [1.29, 1.82) is 0 Å². The number of ether oxygens (including phenoxy) is 3. The smallest absolute Gasteiger partial charge is 0.239 e. The van der Waals surface area contributed by atoms with E-state index in [2.05, 4.69) is 0 Å². The van der Waals surface area contributed by atoms with Crippen molar-refractivity contribution < 1.29 is 49.3 Å². The molecule has 1 aromatic heterocycles. The highest BCUT2D eigenvalue weighted by molar-refractivity contribution is 5.88. The third-order valence-corrected chi connectivity index (χ3v) is 5.44. The van der Waals surface area contributed by atoms with Gasteiger partial charge in [-0.15, -0.1) is 0 Å². The highest BCUT2D eigenvalue weighted by atomic mass is 16.7. The molecule has 0 saturated carbocycles. The number of fused-ring (bicyclic) bond motifs is 1. The number of aliphatic hydroxyl groups is 2. The summed E-state index contributed by atoms with van der Waals surface area (Å²) in [4.78, 5) is 13.3. The van der Waals surface area contributed by atoms with Crippen molar-refractivity contribution in [3.63, 3.8) is 0 Å². The first-order chi connectivity index (χ1) is 15.6. The van der Waals surface area contributed by atoms with Crippen molar-refractivity contribution in [2.45, 2.75) is 37.6 Å². The number of hydrogen-bond donors (Lipinski definition) is 6. The topological polar surface area (TPSA) is 179 Å². The fourth-order valence-corrected chi connectivity index (χ4v) is 3.78. The van der Waals surface area contributed by atoms with Gasteiger partial charge in [0.1, 0.15) is 40.8 Å². The van der Waals surface area contributed by atoms with Gasteiger partial charge in [-0.05, 0) is 25.1 Å². The van der Waals surface area contributed by atoms with Gasteiger partial charge in [-0.2, -0.15) is 0 Å². The highest BCUT2D eigenvalue weighted by Gasteiger charge is 2.45. The first-order valence-electron chi connectivity index (χ1n) is 9.88. The van der Waals surface area contributed by atoms with Gasteiger partial charge in [0.15, 0.2) is 17.3 Å². The lowest BCUT2D eigenvalue weighted by Crippen LogP contribution is -2.59. The first-order valence-corrected chi connectivity index (χ1v) is 9.88. The van der Waals surface area contributed by atoms with Gasteiger partial charge in [-0.1, -0.05) is 0 Å². The number of phenolic OH excluding ortho intramolecular Hbond substituents is 4. The number of aromatic hydroxyl groups is 4. The van der Waals surface area contributed by atoms with Crippen LogP contribution in [0.5, 0.6) is 28.7 Å². The van der Waals surface area contributed by atoms with Crippen LogP contribution in [0, 0.1) is 0 Å². The van der Waals surface area contributed by atoms with Crippen molar-refractivity contribution in [3.8, 4) is 40.1 Å². The Hall–Kier alpha value is -3.51. The van der Waals surface area contributed by atoms with Crippen LogP contribution < -0.4 is 10.2 Å². The van der Waals surface area contributed by atoms with Gasteiger partial charge in [0, 0.05) is 24.8 Å². The zero-order chi connectivity index (χ0) is 24.0. The van der Waals surface area contributed by atoms with E-state index in [1.165, 1.54) is 13.2 Å². The number of aliphatic hydroxyl groups excluding tert-OH is 2. The molecule has 1 aliphatic heterocycles. The lowest BCUT2D eigenvalue weighted by molar-refractivity contribution is -0.272. The minimum atomic E-state index is -1.62. The van der Waals surface area contributed by atoms with Crippen LogP contribution in [0.4, 0.5) is 0 Å². The second-order valence-electron chi connectivity index (χ2n) is 7.64. The number of benzene rings is 2. The quantitative estimate of drug-likeness (QED) is 0.306. The zero-order valence-corrected chi connectivity index (χ0v) is 17.5. The van der Waals surface area contributed by atoms with Crippen LogP contribution in [0.25, 0.3) is 22.3 Å². The van der Waals surface area contributed by atoms with Crippen LogP contribution in [-0.4, -0.2) is 68.5 Å². The normalized spacial score (nSPS) is 25.3. The van der Waals surface area contributed by atoms with E-state index in [0.717, 1.165) is 24.3 Å². The number of phenols is 4. The van der Waals surface area contributed by atoms with Crippen LogP contribution in [-0.2, 0) is 9.47 Å². The highest BCUT2D eigenvalue weighted by Crippen LogP contribution is 2.39. The maximum Gasteiger partial charge on any atom is 0.239 e. The van der Waals surface area contributed by atoms with E-state index in [4.69, 9.17) is 18.6 Å². The predicted octanol–water partition coefficient (Wildman–Crippen LogP) is 1.14. The minimum Gasteiger partial charge on any atom is -0.508 e. The molecule has 1 aliphatic rings. The summed E-state index contributed by atoms with van der Waals surface area (Å²) < 4.78 is 22.1. The molecule has 5 unspecified atom stereocenters. The van der Waals surface area contributed by atoms with Gasteiger partial charge in [0.25, 0.3) is 0 Å². The Kier molecular flexibility index (Phi) is 5.80. The summed E-state index contributed by atoms with van der Waals surface area (Å²) in [5.74, 6) is -2.65. The molecule has 0 spiro atoms. The van der Waals surface area contributed by atoms with Crippen molar-refractivity contribution in [2.75, 3.05) is 7.11 Å². The lowest BCUT2D eigenvalue weighted by atomic mass is 9.99. The molecule has 11 nitrogen and oxygen atoms in total. The molecule has 0 amide bonds. The fraction of sp³-hybridized carbons (Fsp3) is 0.318. The molecular formula is C22H22O11. The molecule has 0 radical (unpaired) electrons. The van der Waals surface area contributed by atoms with Crippen molar-refractivity contribution in [2.24, 2.45) is 0 Å². The molecule has 0 aliphatic carbocycles. The van der Waals surface area contributed by atoms with E-state index in [1.807, 2.05) is 0 Å². The summed E-state index contributed by atoms with van der Waals surface area (Å²) in [6.45, 7) is 1.58. The van der Waals surface area contributed by atoms with E-state index in [9.17, 15) is 35.4 Å². The molecule has 33 heavy (non-hydrogen) atoms. The van der Waals surface area contributed by atoms with Crippen LogP contribution in [0.1, 0.15) is 6.92 Å². The fourth-order valence-electron chi connectivity index (χ4n) is 3.78. The standard InChI is InChI=1S/C22H22O11/c1-8-19(30-2)17(28)18(29)22(31-8)33-21-16(27)15-13(26)6-10(23)7-14(15)32-20(21)9-3-4-11(24)12(25)5-9/h3-8,17-19,22-26,28-29H,1-2H3. The number of methoxy groups -OCH3 is 1. The maximum atomic E-state index is 13.3. The van der Waals surface area contributed by atoms with Gasteiger partial charge in [0.05, 0.1) is 6.10 Å². The van der Waals surface area contributed by atoms with Crippen molar-refractivity contribution >= 4 is 11.0 Å². The second kappa shape index (κ2) is 8.45. The van der Waals surface area contributed by atoms with Gasteiger partial charge in [-0.25, -0.2) is 0 Å². The van der Waals surface area contributed by atoms with Crippen molar-refractivity contribution in [3.05, 3.63) is 40.6 Å². The van der Waals surface area contributed by atoms with Crippen LogP contribution >= 0.6 is 0 Å². The molecule has 176 valence electrons. The Morgan fingerprint density at radius 2 is 1.67 bits per heavy atom. The Morgan fingerprint density at radius 1 is 0.939 bits per heavy atom. The molecule has 5 atom stereocenters. The largest absolute Gasteiger partial charge is 0.508 e. The summed E-state index contributed by atoms with van der Waals surface area (Å²) in [5, 5.41) is 60.1. The van der Waals surface area contributed by atoms with Crippen LogP contribution in [0.2, 0.25) is 0 Å². The molecule has 6 N–H and O–H groups in total. The molecule has 2 aromatic carbocycles. The van der Waals surface area contributed by atoms with Gasteiger partial charge >= 0.3 is 0 Å². The monoisotopic (exact) mass is 462 g/mol. The average Bonchev–Trinajstić information content (AvgIpc) is 2.75. The minimum absolute atomic E-state index is 0.0933. The summed E-state index contributed by atoms with van der Waals surface area (Å²) in [5.41, 5.74) is -0.968. The first kappa shape index (κ1) is 22.7. The zero-order valence-electron chi connectivity index (χ0n) is 17.5. The van der Waals surface area contributed by atoms with Crippen molar-refractivity contribution in [1.82, 2.24) is 0 Å². The number of rotatable bonds is 4. The summed E-state index contributed by atoms with van der Waals surface area (Å²) in [6, 6.07) is 5.62. The Morgan fingerprint density at radius 3 is 2.33 bits per heavy atom. The Balaban J connectivity index is 1.89. The van der Waals surface area contributed by atoms with Crippen LogP contribution in [0.15, 0.2) is 39.5 Å². The van der Waals surface area contributed by atoms with Gasteiger partial charge < -0.3 is 49.3 Å². The van der Waals surface area contributed by atoms with Gasteiger partial charge in [-0.3, -0.25) is 4.79 Å². The molecule has 4 rings (SSSR count). The Bertz CT molecular complexity index is 1250. The lowest BCUT2D eigenvalue weighted by Gasteiger charge is -2.40. The third kappa shape index (κ3) is 3.91.